The normalized spacial score (nSPS) is 10.9. The number of carbonyl (C=O) groups excluding carboxylic acids is 1. The number of anilines is 1. The Labute approximate surface area is 102 Å². The van der Waals surface area contributed by atoms with Gasteiger partial charge in [-0.25, -0.2) is 4.68 Å². The first kappa shape index (κ1) is 13.7. The number of hydrogen-bond acceptors (Lipinski definition) is 3. The lowest BCUT2D eigenvalue weighted by molar-refractivity contribution is -0.120. The topological polar surface area (TPSA) is 67.2 Å². The SMILES string of the molecule is CCC(CC)C(=O)Nc1cc(C)nn1CCO. The van der Waals surface area contributed by atoms with E-state index in [1.54, 1.807) is 4.68 Å². The Balaban J connectivity index is 2.76. The third kappa shape index (κ3) is 3.56. The van der Waals surface area contributed by atoms with Gasteiger partial charge >= 0.3 is 0 Å². The van der Waals surface area contributed by atoms with Gasteiger partial charge in [-0.15, -0.1) is 0 Å². The summed E-state index contributed by atoms with van der Waals surface area (Å²) in [4.78, 5) is 11.9. The summed E-state index contributed by atoms with van der Waals surface area (Å²) in [5.74, 6) is 0.718. The van der Waals surface area contributed by atoms with Crippen LogP contribution in [0.2, 0.25) is 0 Å². The van der Waals surface area contributed by atoms with Crippen molar-refractivity contribution in [3.05, 3.63) is 11.8 Å². The quantitative estimate of drug-likeness (QED) is 0.791. The summed E-state index contributed by atoms with van der Waals surface area (Å²) >= 11 is 0. The molecule has 1 amide bonds. The maximum atomic E-state index is 11.9. The van der Waals surface area contributed by atoms with Gasteiger partial charge in [-0.2, -0.15) is 5.10 Å². The van der Waals surface area contributed by atoms with Crippen LogP contribution < -0.4 is 5.32 Å². The van der Waals surface area contributed by atoms with E-state index < -0.39 is 0 Å². The van der Waals surface area contributed by atoms with Gasteiger partial charge in [-0.3, -0.25) is 4.79 Å². The van der Waals surface area contributed by atoms with Crippen molar-refractivity contribution in [2.45, 2.75) is 40.2 Å². The molecule has 5 nitrogen and oxygen atoms in total. The van der Waals surface area contributed by atoms with Crippen LogP contribution in [0.15, 0.2) is 6.07 Å². The summed E-state index contributed by atoms with van der Waals surface area (Å²) in [6, 6.07) is 1.82. The molecule has 0 spiro atoms. The fourth-order valence-corrected chi connectivity index (χ4v) is 1.80. The first-order valence-corrected chi connectivity index (χ1v) is 6.08. The monoisotopic (exact) mass is 239 g/mol. The molecule has 1 rings (SSSR count). The third-order valence-corrected chi connectivity index (χ3v) is 2.82. The van der Waals surface area contributed by atoms with Crippen LogP contribution in [0, 0.1) is 12.8 Å². The van der Waals surface area contributed by atoms with Crippen molar-refractivity contribution in [3.8, 4) is 0 Å². The zero-order chi connectivity index (χ0) is 12.8. The van der Waals surface area contributed by atoms with E-state index in [9.17, 15) is 4.79 Å². The molecule has 0 saturated carbocycles. The van der Waals surface area contributed by atoms with Crippen molar-refractivity contribution in [2.75, 3.05) is 11.9 Å². The first-order chi connectivity index (χ1) is 8.12. The van der Waals surface area contributed by atoms with Gasteiger partial charge in [0.1, 0.15) is 5.82 Å². The molecule has 1 aromatic heterocycles. The number of rotatable bonds is 6. The van der Waals surface area contributed by atoms with E-state index >= 15 is 0 Å². The van der Waals surface area contributed by atoms with Gasteiger partial charge < -0.3 is 10.4 Å². The van der Waals surface area contributed by atoms with Gasteiger partial charge in [0.05, 0.1) is 18.8 Å². The Morgan fingerprint density at radius 3 is 2.71 bits per heavy atom. The minimum absolute atomic E-state index is 0.00890. The largest absolute Gasteiger partial charge is 0.394 e. The smallest absolute Gasteiger partial charge is 0.228 e. The molecule has 0 atom stereocenters. The number of aliphatic hydroxyl groups excluding tert-OH is 1. The molecule has 0 aliphatic heterocycles. The fourth-order valence-electron chi connectivity index (χ4n) is 1.80. The van der Waals surface area contributed by atoms with Gasteiger partial charge in [0.15, 0.2) is 0 Å². The van der Waals surface area contributed by atoms with E-state index in [-0.39, 0.29) is 18.4 Å². The molecule has 5 heteroatoms. The van der Waals surface area contributed by atoms with Gasteiger partial charge in [-0.05, 0) is 19.8 Å². The predicted molar refractivity (Wildman–Crippen MR) is 66.8 cm³/mol. The standard InChI is InChI=1S/C12H21N3O2/c1-4-10(5-2)12(17)13-11-8-9(3)14-15(11)6-7-16/h8,10,16H,4-7H2,1-3H3,(H,13,17). The number of amides is 1. The van der Waals surface area contributed by atoms with Crippen LogP contribution in [0.5, 0.6) is 0 Å². The summed E-state index contributed by atoms with van der Waals surface area (Å²) in [6.45, 7) is 6.27. The predicted octanol–water partition coefficient (Wildman–Crippen LogP) is 1.56. The van der Waals surface area contributed by atoms with Gasteiger partial charge in [0, 0.05) is 12.0 Å². The summed E-state index contributed by atoms with van der Waals surface area (Å²) < 4.78 is 1.62. The minimum atomic E-state index is 0.00890. The van der Waals surface area contributed by atoms with Crippen molar-refractivity contribution >= 4 is 11.7 Å². The van der Waals surface area contributed by atoms with Crippen LogP contribution >= 0.6 is 0 Å². The van der Waals surface area contributed by atoms with Crippen molar-refractivity contribution in [3.63, 3.8) is 0 Å². The van der Waals surface area contributed by atoms with E-state index in [1.165, 1.54) is 0 Å². The zero-order valence-corrected chi connectivity index (χ0v) is 10.7. The Kier molecular flexibility index (Phi) is 5.15. The van der Waals surface area contributed by atoms with Crippen molar-refractivity contribution < 1.29 is 9.90 Å². The van der Waals surface area contributed by atoms with Crippen molar-refractivity contribution in [2.24, 2.45) is 5.92 Å². The Hall–Kier alpha value is -1.36. The molecule has 2 N–H and O–H groups in total. The molecule has 1 heterocycles. The molecule has 0 saturated heterocycles. The van der Waals surface area contributed by atoms with E-state index in [4.69, 9.17) is 5.11 Å². The zero-order valence-electron chi connectivity index (χ0n) is 10.7. The number of aliphatic hydroxyl groups is 1. The number of nitrogens with one attached hydrogen (secondary N) is 1. The second kappa shape index (κ2) is 6.39. The number of aryl methyl sites for hydroxylation is 1. The average Bonchev–Trinajstić information content (AvgIpc) is 2.61. The second-order valence-electron chi connectivity index (χ2n) is 4.12. The molecule has 0 aliphatic carbocycles. The van der Waals surface area contributed by atoms with Gasteiger partial charge in [-0.1, -0.05) is 13.8 Å². The summed E-state index contributed by atoms with van der Waals surface area (Å²) in [5.41, 5.74) is 0.832. The molecular formula is C12H21N3O2. The molecule has 0 bridgehead atoms. The molecular weight excluding hydrogens is 218 g/mol. The molecule has 17 heavy (non-hydrogen) atoms. The minimum Gasteiger partial charge on any atom is -0.394 e. The molecule has 0 radical (unpaired) electrons. The van der Waals surface area contributed by atoms with Gasteiger partial charge in [0.25, 0.3) is 0 Å². The van der Waals surface area contributed by atoms with Crippen LogP contribution in [-0.4, -0.2) is 27.4 Å². The maximum absolute atomic E-state index is 11.9. The molecule has 0 fully saturated rings. The molecule has 96 valence electrons. The number of hydrogen-bond donors (Lipinski definition) is 2. The van der Waals surface area contributed by atoms with Crippen LogP contribution in [0.3, 0.4) is 0 Å². The average molecular weight is 239 g/mol. The lowest BCUT2D eigenvalue weighted by Crippen LogP contribution is -2.23. The number of aromatic nitrogens is 2. The van der Waals surface area contributed by atoms with Crippen molar-refractivity contribution in [1.82, 2.24) is 9.78 Å². The highest BCUT2D eigenvalue weighted by atomic mass is 16.3. The van der Waals surface area contributed by atoms with Crippen molar-refractivity contribution in [1.29, 1.82) is 0 Å². The third-order valence-electron chi connectivity index (χ3n) is 2.82. The van der Waals surface area contributed by atoms with E-state index in [0.29, 0.717) is 12.4 Å². The first-order valence-electron chi connectivity index (χ1n) is 6.08. The Bertz CT molecular complexity index is 370. The van der Waals surface area contributed by atoms with Crippen LogP contribution in [0.4, 0.5) is 5.82 Å². The molecule has 0 unspecified atom stereocenters. The number of nitrogens with zero attached hydrogens (tertiary/aromatic N) is 2. The van der Waals surface area contributed by atoms with Gasteiger partial charge in [0.2, 0.25) is 5.91 Å². The highest BCUT2D eigenvalue weighted by molar-refractivity contribution is 5.91. The molecule has 0 aromatic carbocycles. The van der Waals surface area contributed by atoms with Crippen LogP contribution in [-0.2, 0) is 11.3 Å². The summed E-state index contributed by atoms with van der Waals surface area (Å²) in [7, 11) is 0. The maximum Gasteiger partial charge on any atom is 0.228 e. The lowest BCUT2D eigenvalue weighted by atomic mass is 10.0. The fraction of sp³-hybridized carbons (Fsp3) is 0.667. The van der Waals surface area contributed by atoms with E-state index in [2.05, 4.69) is 10.4 Å². The molecule has 1 aromatic rings. The summed E-state index contributed by atoms with van der Waals surface area (Å²) in [5, 5.41) is 16.0. The Morgan fingerprint density at radius 2 is 2.18 bits per heavy atom. The second-order valence-corrected chi connectivity index (χ2v) is 4.12. The van der Waals surface area contributed by atoms with E-state index in [0.717, 1.165) is 18.5 Å². The number of carbonyl (C=O) groups is 1. The molecule has 0 aliphatic rings. The highest BCUT2D eigenvalue weighted by Gasteiger charge is 2.16. The van der Waals surface area contributed by atoms with Crippen LogP contribution in [0.25, 0.3) is 0 Å². The van der Waals surface area contributed by atoms with E-state index in [1.807, 2.05) is 26.8 Å². The van der Waals surface area contributed by atoms with Crippen LogP contribution in [0.1, 0.15) is 32.4 Å². The summed E-state index contributed by atoms with van der Waals surface area (Å²) in [6.07, 6.45) is 1.66. The Morgan fingerprint density at radius 1 is 1.53 bits per heavy atom. The lowest BCUT2D eigenvalue weighted by Gasteiger charge is -2.13. The highest BCUT2D eigenvalue weighted by Crippen LogP contribution is 2.14.